The Balaban J connectivity index is 2.02. The number of rotatable bonds is 9. The molecule has 36 heavy (non-hydrogen) atoms. The standard InChI is InChI=1S/C30H29FN2O3/c1-33(2)18-17-30(35,23-13-8-5-9-14-23)27(24-15-10-16-26(36-3)28(24)31)25-19-22(20-32-29(25)34)21-11-6-4-7-12-21/h4-8,10-13,15-16,19-20,27,35H,17-18H2,1-3H3,(H,32,34). The van der Waals surface area contributed by atoms with Crippen molar-refractivity contribution in [3.05, 3.63) is 113 Å². The fourth-order valence-corrected chi connectivity index (χ4v) is 4.50. The lowest BCUT2D eigenvalue weighted by Gasteiger charge is -2.38. The lowest BCUT2D eigenvalue weighted by atomic mass is 9.71. The Morgan fingerprint density at radius 1 is 1.08 bits per heavy atom. The number of nitrogens with zero attached hydrogens (tertiary/aromatic N) is 2. The zero-order valence-corrected chi connectivity index (χ0v) is 20.6. The molecule has 0 fully saturated rings. The Morgan fingerprint density at radius 2 is 1.86 bits per heavy atom. The molecular weight excluding hydrogens is 455 g/mol. The number of benzene rings is 2. The van der Waals surface area contributed by atoms with E-state index in [0.29, 0.717) is 17.7 Å². The topological polar surface area (TPSA) is 65.8 Å². The molecule has 0 saturated heterocycles. The van der Waals surface area contributed by atoms with Crippen LogP contribution in [0.25, 0.3) is 11.1 Å². The molecule has 1 aliphatic carbocycles. The van der Waals surface area contributed by atoms with Gasteiger partial charge in [-0.1, -0.05) is 60.0 Å². The molecular formula is C30H29FN2O3. The SMILES string of the molecule is COc1cccc(C(c2cc(-c3ccccc3)cnc2O)C(O)(CCN(C)C)C2=C=C=CC=C2)c1F. The molecule has 0 bridgehead atoms. The first-order valence-electron chi connectivity index (χ1n) is 11.7. The van der Waals surface area contributed by atoms with Gasteiger partial charge in [0.1, 0.15) is 5.60 Å². The van der Waals surface area contributed by atoms with Crippen LogP contribution in [-0.2, 0) is 0 Å². The zero-order chi connectivity index (χ0) is 25.7. The van der Waals surface area contributed by atoms with Crippen molar-refractivity contribution in [1.29, 1.82) is 0 Å². The maximum atomic E-state index is 15.8. The summed E-state index contributed by atoms with van der Waals surface area (Å²) in [5, 5.41) is 23.5. The average Bonchev–Trinajstić information content (AvgIpc) is 2.90. The number of hydrogen-bond acceptors (Lipinski definition) is 5. The second-order valence-electron chi connectivity index (χ2n) is 8.99. The van der Waals surface area contributed by atoms with Crippen molar-refractivity contribution in [2.45, 2.75) is 17.9 Å². The van der Waals surface area contributed by atoms with E-state index in [4.69, 9.17) is 4.74 Å². The highest BCUT2D eigenvalue weighted by molar-refractivity contribution is 5.65. The molecule has 2 unspecified atom stereocenters. The maximum Gasteiger partial charge on any atom is 0.214 e. The molecule has 2 aromatic carbocycles. The largest absolute Gasteiger partial charge is 0.494 e. The van der Waals surface area contributed by atoms with Crippen LogP contribution < -0.4 is 4.74 Å². The molecule has 1 heterocycles. The van der Waals surface area contributed by atoms with Crippen LogP contribution >= 0.6 is 0 Å². The van der Waals surface area contributed by atoms with Crippen molar-refractivity contribution >= 4 is 0 Å². The number of aromatic hydroxyl groups is 1. The lowest BCUT2D eigenvalue weighted by Crippen LogP contribution is -2.41. The quantitative estimate of drug-likeness (QED) is 0.408. The van der Waals surface area contributed by atoms with Gasteiger partial charge in [-0.15, -0.1) is 0 Å². The normalized spacial score (nSPS) is 15.0. The molecule has 5 nitrogen and oxygen atoms in total. The summed E-state index contributed by atoms with van der Waals surface area (Å²) in [4.78, 5) is 6.18. The first kappa shape index (κ1) is 25.2. The maximum absolute atomic E-state index is 15.8. The molecule has 0 amide bonds. The van der Waals surface area contributed by atoms with Crippen LogP contribution in [0.5, 0.6) is 11.6 Å². The summed E-state index contributed by atoms with van der Waals surface area (Å²) in [6.45, 7) is 0.494. The average molecular weight is 485 g/mol. The van der Waals surface area contributed by atoms with Gasteiger partial charge >= 0.3 is 0 Å². The molecule has 0 aliphatic heterocycles. The Kier molecular flexibility index (Phi) is 7.54. The van der Waals surface area contributed by atoms with Crippen LogP contribution in [0, 0.1) is 5.82 Å². The number of aromatic nitrogens is 1. The molecule has 1 aliphatic rings. The summed E-state index contributed by atoms with van der Waals surface area (Å²) in [6, 6.07) is 16.1. The number of methoxy groups -OCH3 is 1. The van der Waals surface area contributed by atoms with Gasteiger partial charge < -0.3 is 19.8 Å². The minimum Gasteiger partial charge on any atom is -0.494 e. The zero-order valence-electron chi connectivity index (χ0n) is 20.6. The Labute approximate surface area is 210 Å². The van der Waals surface area contributed by atoms with Crippen LogP contribution in [-0.4, -0.2) is 53.4 Å². The first-order valence-corrected chi connectivity index (χ1v) is 11.7. The van der Waals surface area contributed by atoms with Crippen LogP contribution in [0.4, 0.5) is 4.39 Å². The molecule has 2 atom stereocenters. The minimum absolute atomic E-state index is 0.0442. The number of halogens is 1. The van der Waals surface area contributed by atoms with Crippen LogP contribution in [0.2, 0.25) is 0 Å². The van der Waals surface area contributed by atoms with Crippen LogP contribution in [0.1, 0.15) is 23.5 Å². The van der Waals surface area contributed by atoms with Gasteiger partial charge in [0.15, 0.2) is 11.6 Å². The van der Waals surface area contributed by atoms with Crippen molar-refractivity contribution in [2.75, 3.05) is 27.7 Å². The number of pyridine rings is 1. The van der Waals surface area contributed by atoms with Crippen molar-refractivity contribution in [1.82, 2.24) is 9.88 Å². The summed E-state index contributed by atoms with van der Waals surface area (Å²) in [6.07, 6.45) is 6.97. The highest BCUT2D eigenvalue weighted by atomic mass is 19.1. The van der Waals surface area contributed by atoms with Crippen molar-refractivity contribution in [3.8, 4) is 22.8 Å². The van der Waals surface area contributed by atoms with Gasteiger partial charge in [-0.05, 0) is 50.4 Å². The molecule has 4 rings (SSSR count). The van der Waals surface area contributed by atoms with E-state index in [0.717, 1.165) is 11.1 Å². The van der Waals surface area contributed by atoms with E-state index in [1.54, 1.807) is 42.6 Å². The predicted octanol–water partition coefficient (Wildman–Crippen LogP) is 5.22. The summed E-state index contributed by atoms with van der Waals surface area (Å²) >= 11 is 0. The molecule has 2 N–H and O–H groups in total. The molecule has 184 valence electrons. The monoisotopic (exact) mass is 484 g/mol. The van der Waals surface area contributed by atoms with E-state index in [2.05, 4.69) is 16.4 Å². The summed E-state index contributed by atoms with van der Waals surface area (Å²) in [5.74, 6) is -1.89. The minimum atomic E-state index is -1.66. The van der Waals surface area contributed by atoms with Crippen LogP contribution in [0.3, 0.4) is 0 Å². The highest BCUT2D eigenvalue weighted by Gasteiger charge is 2.44. The van der Waals surface area contributed by atoms with Crippen molar-refractivity contribution in [3.63, 3.8) is 0 Å². The Bertz CT molecular complexity index is 1370. The van der Waals surface area contributed by atoms with Crippen molar-refractivity contribution in [2.24, 2.45) is 0 Å². The lowest BCUT2D eigenvalue weighted by molar-refractivity contribution is 0.0465. The highest BCUT2D eigenvalue weighted by Crippen LogP contribution is 2.47. The molecule has 6 heteroatoms. The smallest absolute Gasteiger partial charge is 0.214 e. The van der Waals surface area contributed by atoms with E-state index in [1.807, 2.05) is 49.3 Å². The summed E-state index contributed by atoms with van der Waals surface area (Å²) in [7, 11) is 5.19. The number of aliphatic hydroxyl groups is 1. The Morgan fingerprint density at radius 3 is 2.53 bits per heavy atom. The van der Waals surface area contributed by atoms with Gasteiger partial charge in [0.05, 0.1) is 13.0 Å². The van der Waals surface area contributed by atoms with E-state index >= 15 is 4.39 Å². The van der Waals surface area contributed by atoms with E-state index in [1.165, 1.54) is 13.2 Å². The van der Waals surface area contributed by atoms with Gasteiger partial charge in [-0.2, -0.15) is 0 Å². The second-order valence-corrected chi connectivity index (χ2v) is 8.99. The fourth-order valence-electron chi connectivity index (χ4n) is 4.50. The third-order valence-corrected chi connectivity index (χ3v) is 6.37. The van der Waals surface area contributed by atoms with Gasteiger partial charge in [0.25, 0.3) is 0 Å². The van der Waals surface area contributed by atoms with Gasteiger partial charge in [-0.3, -0.25) is 0 Å². The molecule has 1 aromatic heterocycles. The van der Waals surface area contributed by atoms with Gasteiger partial charge in [0.2, 0.25) is 5.88 Å². The molecule has 0 radical (unpaired) electrons. The summed E-state index contributed by atoms with van der Waals surface area (Å²) < 4.78 is 21.1. The van der Waals surface area contributed by atoms with Gasteiger partial charge in [-0.25, -0.2) is 9.37 Å². The third-order valence-electron chi connectivity index (χ3n) is 6.37. The third kappa shape index (κ3) is 5.03. The van der Waals surface area contributed by atoms with E-state index in [9.17, 15) is 10.2 Å². The van der Waals surface area contributed by atoms with E-state index < -0.39 is 17.3 Å². The predicted molar refractivity (Wildman–Crippen MR) is 139 cm³/mol. The number of ether oxygens (including phenoxy) is 1. The fraction of sp³-hybridized carbons (Fsp3) is 0.233. The molecule has 0 spiro atoms. The van der Waals surface area contributed by atoms with Crippen molar-refractivity contribution < 1.29 is 19.3 Å². The first-order chi connectivity index (χ1) is 17.3. The van der Waals surface area contributed by atoms with E-state index in [-0.39, 0.29) is 23.6 Å². The van der Waals surface area contributed by atoms with Gasteiger partial charge in [0, 0.05) is 35.0 Å². The molecule has 3 aromatic rings. The second kappa shape index (κ2) is 10.8. The van der Waals surface area contributed by atoms with Crippen LogP contribution in [0.15, 0.2) is 96.1 Å². The number of allylic oxidation sites excluding steroid dienone is 2. The number of hydrogen-bond donors (Lipinski definition) is 2. The summed E-state index contributed by atoms with van der Waals surface area (Å²) in [5.41, 5.74) is 6.78. The molecule has 0 saturated carbocycles. The Hall–Kier alpha value is -3.92.